The fourth-order valence-electron chi connectivity index (χ4n) is 4.61. The summed E-state index contributed by atoms with van der Waals surface area (Å²) in [6.45, 7) is 3.08. The summed E-state index contributed by atoms with van der Waals surface area (Å²) in [7, 11) is 0. The van der Waals surface area contributed by atoms with Crippen LogP contribution in [-0.4, -0.2) is 56.4 Å². The van der Waals surface area contributed by atoms with Gasteiger partial charge in [-0.15, -0.1) is 0 Å². The van der Waals surface area contributed by atoms with Crippen molar-refractivity contribution in [2.24, 2.45) is 4.99 Å². The molecule has 0 atom stereocenters. The highest BCUT2D eigenvalue weighted by molar-refractivity contribution is 7.99. The number of aliphatic carboxylic acids is 1. The third-order valence-corrected chi connectivity index (χ3v) is 7.44. The average molecular weight is 518 g/mol. The van der Waals surface area contributed by atoms with Crippen LogP contribution in [0, 0.1) is 5.82 Å². The first-order valence-electron chi connectivity index (χ1n) is 12.3. The molecule has 8 heteroatoms. The van der Waals surface area contributed by atoms with E-state index in [1.54, 1.807) is 6.07 Å². The maximum atomic E-state index is 13.9. The number of aromatic hydroxyl groups is 1. The number of aryl methyl sites for hydroxylation is 1. The Kier molecular flexibility index (Phi) is 7.58. The number of aliphatic imine (C=N–C) groups is 1. The van der Waals surface area contributed by atoms with Gasteiger partial charge in [0.15, 0.2) is 5.88 Å². The van der Waals surface area contributed by atoms with E-state index in [2.05, 4.69) is 22.0 Å². The van der Waals surface area contributed by atoms with E-state index in [1.165, 1.54) is 17.7 Å². The maximum Gasteiger partial charge on any atom is 0.303 e. The van der Waals surface area contributed by atoms with Gasteiger partial charge in [-0.3, -0.25) is 9.69 Å². The van der Waals surface area contributed by atoms with E-state index in [-0.39, 0.29) is 12.3 Å². The molecule has 6 nitrogen and oxygen atoms in total. The van der Waals surface area contributed by atoms with E-state index in [1.807, 2.05) is 48.2 Å². The molecule has 190 valence electrons. The summed E-state index contributed by atoms with van der Waals surface area (Å²) in [6.07, 6.45) is 0.399. The molecule has 4 aromatic rings. The first kappa shape index (κ1) is 25.0. The number of aromatic amines is 1. The van der Waals surface area contributed by atoms with Crippen molar-refractivity contribution in [3.8, 4) is 5.88 Å². The number of rotatable bonds is 8. The highest BCUT2D eigenvalue weighted by Gasteiger charge is 2.20. The molecule has 3 aromatic carbocycles. The van der Waals surface area contributed by atoms with Crippen molar-refractivity contribution in [2.75, 3.05) is 24.6 Å². The number of carboxylic acid groups (broad SMARTS) is 1. The molecule has 0 bridgehead atoms. The van der Waals surface area contributed by atoms with Crippen LogP contribution in [0.4, 0.5) is 10.1 Å². The summed E-state index contributed by atoms with van der Waals surface area (Å²) in [5, 5.41) is 20.6. The molecule has 1 fully saturated rings. The van der Waals surface area contributed by atoms with E-state index >= 15 is 0 Å². The molecule has 0 spiro atoms. The number of carbonyl (C=O) groups is 1. The van der Waals surface area contributed by atoms with E-state index in [4.69, 9.17) is 10.1 Å². The summed E-state index contributed by atoms with van der Waals surface area (Å²) in [6, 6.07) is 19.9. The number of halogens is 1. The molecule has 1 aliphatic heterocycles. The molecule has 0 amide bonds. The van der Waals surface area contributed by atoms with Gasteiger partial charge in [-0.25, -0.2) is 9.38 Å². The molecule has 1 aliphatic rings. The summed E-state index contributed by atoms with van der Waals surface area (Å²) < 4.78 is 13.9. The predicted octanol–water partition coefficient (Wildman–Crippen LogP) is 5.75. The Morgan fingerprint density at radius 2 is 1.81 bits per heavy atom. The van der Waals surface area contributed by atoms with Crippen LogP contribution < -0.4 is 0 Å². The minimum atomic E-state index is -0.862. The number of fused-ring (bicyclic) bond motifs is 1. The highest BCUT2D eigenvalue weighted by atomic mass is 32.2. The molecule has 0 aliphatic carbocycles. The predicted molar refractivity (Wildman–Crippen MR) is 147 cm³/mol. The van der Waals surface area contributed by atoms with E-state index < -0.39 is 11.8 Å². The van der Waals surface area contributed by atoms with E-state index in [0.717, 1.165) is 48.0 Å². The van der Waals surface area contributed by atoms with Gasteiger partial charge in [0.25, 0.3) is 0 Å². The van der Waals surface area contributed by atoms with Crippen molar-refractivity contribution in [1.82, 2.24) is 9.88 Å². The third-order valence-electron chi connectivity index (χ3n) is 6.49. The van der Waals surface area contributed by atoms with Gasteiger partial charge in [-0.05, 0) is 53.9 Å². The van der Waals surface area contributed by atoms with Gasteiger partial charge < -0.3 is 15.2 Å². The van der Waals surface area contributed by atoms with Crippen LogP contribution in [0.1, 0.15) is 28.7 Å². The van der Waals surface area contributed by atoms with Crippen molar-refractivity contribution in [1.29, 1.82) is 0 Å². The van der Waals surface area contributed by atoms with Crippen molar-refractivity contribution in [3.63, 3.8) is 0 Å². The SMILES string of the molecule is O=C(O)CCc1cccc(C(=Nc2ccc(CN3CCSCC3)cc2)c2c(O)[nH]c3cc(F)ccc23)c1. The van der Waals surface area contributed by atoms with Gasteiger partial charge in [0.05, 0.1) is 22.5 Å². The first-order chi connectivity index (χ1) is 18.0. The van der Waals surface area contributed by atoms with Gasteiger partial charge in [-0.2, -0.15) is 11.8 Å². The van der Waals surface area contributed by atoms with Crippen LogP contribution in [-0.2, 0) is 17.8 Å². The maximum absolute atomic E-state index is 13.9. The van der Waals surface area contributed by atoms with Crippen LogP contribution in [0.15, 0.2) is 71.7 Å². The number of hydrogen-bond donors (Lipinski definition) is 3. The zero-order valence-electron chi connectivity index (χ0n) is 20.3. The van der Waals surface area contributed by atoms with Crippen molar-refractivity contribution in [3.05, 3.63) is 94.8 Å². The molecule has 5 rings (SSSR count). The second-order valence-corrected chi connectivity index (χ2v) is 10.4. The Morgan fingerprint density at radius 3 is 2.57 bits per heavy atom. The molecule has 3 N–H and O–H groups in total. The molecule has 0 saturated carbocycles. The van der Waals surface area contributed by atoms with E-state index in [0.29, 0.717) is 28.6 Å². The van der Waals surface area contributed by atoms with Crippen molar-refractivity contribution < 1.29 is 19.4 Å². The smallest absolute Gasteiger partial charge is 0.303 e. The lowest BCUT2D eigenvalue weighted by Crippen LogP contribution is -2.31. The van der Waals surface area contributed by atoms with Gasteiger partial charge >= 0.3 is 5.97 Å². The Hall–Kier alpha value is -3.62. The van der Waals surface area contributed by atoms with Crippen LogP contribution in [0.25, 0.3) is 10.9 Å². The number of nitrogens with zero attached hydrogens (tertiary/aromatic N) is 2. The molecule has 2 heterocycles. The number of aromatic nitrogens is 1. The molecular weight excluding hydrogens is 489 g/mol. The number of thioether (sulfide) groups is 1. The Balaban J connectivity index is 1.54. The largest absolute Gasteiger partial charge is 0.494 e. The monoisotopic (exact) mass is 517 g/mol. The Bertz CT molecular complexity index is 1440. The minimum absolute atomic E-state index is 0.0186. The Labute approximate surface area is 218 Å². The number of H-pyrrole nitrogens is 1. The zero-order valence-corrected chi connectivity index (χ0v) is 21.1. The second-order valence-electron chi connectivity index (χ2n) is 9.15. The fraction of sp³-hybridized carbons (Fsp3) is 0.241. The lowest BCUT2D eigenvalue weighted by atomic mass is 9.97. The summed E-state index contributed by atoms with van der Waals surface area (Å²) in [4.78, 5) is 21.3. The second kappa shape index (κ2) is 11.2. The Morgan fingerprint density at radius 1 is 1.03 bits per heavy atom. The summed E-state index contributed by atoms with van der Waals surface area (Å²) in [5.41, 5.74) is 4.99. The van der Waals surface area contributed by atoms with Crippen LogP contribution in [0.2, 0.25) is 0 Å². The van der Waals surface area contributed by atoms with Crippen molar-refractivity contribution in [2.45, 2.75) is 19.4 Å². The fourth-order valence-corrected chi connectivity index (χ4v) is 5.59. The molecule has 0 unspecified atom stereocenters. The lowest BCUT2D eigenvalue weighted by molar-refractivity contribution is -0.136. The number of carboxylic acids is 1. The lowest BCUT2D eigenvalue weighted by Gasteiger charge is -2.26. The number of nitrogens with one attached hydrogen (secondary N) is 1. The van der Waals surface area contributed by atoms with Gasteiger partial charge in [0.2, 0.25) is 0 Å². The number of hydrogen-bond acceptors (Lipinski definition) is 5. The molecule has 1 aromatic heterocycles. The highest BCUT2D eigenvalue weighted by Crippen LogP contribution is 2.32. The van der Waals surface area contributed by atoms with Gasteiger partial charge in [0, 0.05) is 48.5 Å². The zero-order chi connectivity index (χ0) is 25.8. The normalized spacial score (nSPS) is 14.8. The molecular formula is C29H28FN3O3S. The molecule has 1 saturated heterocycles. The van der Waals surface area contributed by atoms with Crippen LogP contribution in [0.5, 0.6) is 5.88 Å². The van der Waals surface area contributed by atoms with Gasteiger partial charge in [0.1, 0.15) is 5.82 Å². The van der Waals surface area contributed by atoms with Crippen LogP contribution >= 0.6 is 11.8 Å². The quantitative estimate of drug-likeness (QED) is 0.259. The third kappa shape index (κ3) is 6.03. The van der Waals surface area contributed by atoms with E-state index in [9.17, 15) is 14.3 Å². The van der Waals surface area contributed by atoms with Crippen LogP contribution in [0.3, 0.4) is 0 Å². The molecule has 37 heavy (non-hydrogen) atoms. The first-order valence-corrected chi connectivity index (χ1v) is 13.4. The molecule has 0 radical (unpaired) electrons. The summed E-state index contributed by atoms with van der Waals surface area (Å²) in [5.74, 6) is 0.955. The topological polar surface area (TPSA) is 88.9 Å². The number of benzene rings is 3. The van der Waals surface area contributed by atoms with Gasteiger partial charge in [-0.1, -0.05) is 30.3 Å². The average Bonchev–Trinajstić information content (AvgIpc) is 3.22. The minimum Gasteiger partial charge on any atom is -0.494 e. The van der Waals surface area contributed by atoms with Crippen molar-refractivity contribution >= 4 is 40.0 Å². The standard InChI is InChI=1S/C29H28FN3O3S/c30-22-7-10-24-25(17-22)32-29(36)27(24)28(21-3-1-2-19(16-21)6-11-26(34)35)31-23-8-4-20(5-9-23)18-33-12-14-37-15-13-33/h1-5,7-10,16-17,32,36H,6,11-15,18H2,(H,34,35). The summed E-state index contributed by atoms with van der Waals surface area (Å²) >= 11 is 1.99.